The van der Waals surface area contributed by atoms with Crippen LogP contribution in [-0.2, 0) is 22.2 Å². The van der Waals surface area contributed by atoms with Crippen molar-refractivity contribution in [3.63, 3.8) is 0 Å². The number of hydrogen-bond acceptors (Lipinski definition) is 5. The summed E-state index contributed by atoms with van der Waals surface area (Å²) < 4.78 is 41.1. The van der Waals surface area contributed by atoms with Crippen molar-refractivity contribution < 1.29 is 27.6 Å². The van der Waals surface area contributed by atoms with Crippen molar-refractivity contribution in [3.05, 3.63) is 76.7 Å². The molecule has 1 aliphatic rings. The minimum Gasteiger partial charge on any atom is -0.347 e. The van der Waals surface area contributed by atoms with Gasteiger partial charge in [-0.15, -0.1) is 0 Å². The molecule has 0 spiro atoms. The SMILES string of the molecule is Cc1cc(C(F)(F)F)cc(-n2nc(C)cc2C(=O)NC(Cc2ccccc2)C(=O)C(=O)NC2CC2)n1. The van der Waals surface area contributed by atoms with E-state index in [4.69, 9.17) is 0 Å². The van der Waals surface area contributed by atoms with Gasteiger partial charge in [0, 0.05) is 18.2 Å². The lowest BCUT2D eigenvalue weighted by Gasteiger charge is -2.18. The van der Waals surface area contributed by atoms with Gasteiger partial charge in [0.1, 0.15) is 11.7 Å². The van der Waals surface area contributed by atoms with E-state index in [1.165, 1.54) is 13.0 Å². The van der Waals surface area contributed by atoms with Crippen molar-refractivity contribution in [2.45, 2.75) is 51.4 Å². The van der Waals surface area contributed by atoms with E-state index in [0.29, 0.717) is 5.69 Å². The van der Waals surface area contributed by atoms with Crippen LogP contribution < -0.4 is 10.6 Å². The van der Waals surface area contributed by atoms with Gasteiger partial charge in [-0.25, -0.2) is 9.67 Å². The molecule has 188 valence electrons. The highest BCUT2D eigenvalue weighted by Crippen LogP contribution is 2.30. The Morgan fingerprint density at radius 3 is 2.39 bits per heavy atom. The third-order valence-electron chi connectivity index (χ3n) is 5.59. The average Bonchev–Trinajstić information content (AvgIpc) is 3.55. The number of Topliss-reactive ketones (excluding diaryl/α,β-unsaturated/α-hetero) is 1. The topological polar surface area (TPSA) is 106 Å². The Morgan fingerprint density at radius 2 is 1.75 bits per heavy atom. The van der Waals surface area contributed by atoms with E-state index in [-0.39, 0.29) is 29.7 Å². The lowest BCUT2D eigenvalue weighted by molar-refractivity contribution is -0.139. The molecule has 1 aliphatic carbocycles. The van der Waals surface area contributed by atoms with E-state index in [1.54, 1.807) is 37.3 Å². The molecule has 0 bridgehead atoms. The zero-order valence-corrected chi connectivity index (χ0v) is 19.6. The van der Waals surface area contributed by atoms with E-state index in [9.17, 15) is 27.6 Å². The summed E-state index contributed by atoms with van der Waals surface area (Å²) in [5.74, 6) is -2.58. The van der Waals surface area contributed by atoms with Gasteiger partial charge in [-0.1, -0.05) is 30.3 Å². The lowest BCUT2D eigenvalue weighted by atomic mass is 10.0. The van der Waals surface area contributed by atoms with Crippen LogP contribution in [-0.4, -0.2) is 44.4 Å². The Balaban J connectivity index is 1.64. The van der Waals surface area contributed by atoms with Gasteiger partial charge in [-0.05, 0) is 50.5 Å². The standard InChI is InChI=1S/C25H24F3N5O3/c1-14-10-17(25(26,27)28)13-21(29-14)33-20(11-15(2)32-33)23(35)31-19(12-16-6-4-3-5-7-16)22(34)24(36)30-18-8-9-18/h3-7,10-11,13,18-19H,8-9,12H2,1-2H3,(H,30,36)(H,31,35). The molecule has 8 nitrogen and oxygen atoms in total. The van der Waals surface area contributed by atoms with Crippen LogP contribution in [0.5, 0.6) is 0 Å². The van der Waals surface area contributed by atoms with E-state index < -0.39 is 35.4 Å². The summed E-state index contributed by atoms with van der Waals surface area (Å²) >= 11 is 0. The molecular weight excluding hydrogens is 475 g/mol. The van der Waals surface area contributed by atoms with Crippen molar-refractivity contribution >= 4 is 17.6 Å². The fraction of sp³-hybridized carbons (Fsp3) is 0.320. The molecule has 0 aliphatic heterocycles. The maximum absolute atomic E-state index is 13.4. The first-order valence-corrected chi connectivity index (χ1v) is 11.3. The Morgan fingerprint density at radius 1 is 1.06 bits per heavy atom. The Kier molecular flexibility index (Phi) is 6.91. The molecule has 0 radical (unpaired) electrons. The molecule has 1 fully saturated rings. The average molecular weight is 499 g/mol. The monoisotopic (exact) mass is 499 g/mol. The number of ketones is 1. The van der Waals surface area contributed by atoms with E-state index in [2.05, 4.69) is 20.7 Å². The third kappa shape index (κ3) is 5.96. The fourth-order valence-corrected chi connectivity index (χ4v) is 3.69. The van der Waals surface area contributed by atoms with E-state index in [1.807, 2.05) is 0 Å². The number of nitrogens with one attached hydrogen (secondary N) is 2. The molecule has 0 saturated heterocycles. The molecule has 1 atom stereocenters. The first-order chi connectivity index (χ1) is 17.0. The van der Waals surface area contributed by atoms with Crippen LogP contribution in [0.3, 0.4) is 0 Å². The molecule has 3 aromatic rings. The van der Waals surface area contributed by atoms with Crippen molar-refractivity contribution in [1.82, 2.24) is 25.4 Å². The largest absolute Gasteiger partial charge is 0.416 e. The summed E-state index contributed by atoms with van der Waals surface area (Å²) in [7, 11) is 0. The van der Waals surface area contributed by atoms with Crippen LogP contribution in [0.2, 0.25) is 0 Å². The molecule has 2 heterocycles. The van der Waals surface area contributed by atoms with Gasteiger partial charge < -0.3 is 10.6 Å². The number of hydrogen-bond donors (Lipinski definition) is 2. The van der Waals surface area contributed by atoms with Crippen LogP contribution >= 0.6 is 0 Å². The summed E-state index contributed by atoms with van der Waals surface area (Å²) in [4.78, 5) is 42.8. The van der Waals surface area contributed by atoms with E-state index >= 15 is 0 Å². The Labute approximate surface area is 204 Å². The van der Waals surface area contributed by atoms with Crippen molar-refractivity contribution in [2.75, 3.05) is 0 Å². The first-order valence-electron chi connectivity index (χ1n) is 11.3. The predicted molar refractivity (Wildman–Crippen MR) is 123 cm³/mol. The van der Waals surface area contributed by atoms with Gasteiger partial charge in [0.15, 0.2) is 5.82 Å². The highest BCUT2D eigenvalue weighted by Gasteiger charge is 2.34. The number of carbonyl (C=O) groups excluding carboxylic acids is 3. The third-order valence-corrected chi connectivity index (χ3v) is 5.59. The van der Waals surface area contributed by atoms with Crippen LogP contribution in [0, 0.1) is 13.8 Å². The quantitative estimate of drug-likeness (QED) is 0.464. The Hall–Kier alpha value is -4.02. The van der Waals surface area contributed by atoms with Crippen molar-refractivity contribution in [1.29, 1.82) is 0 Å². The number of amides is 2. The molecule has 36 heavy (non-hydrogen) atoms. The number of aromatic nitrogens is 3. The molecule has 4 rings (SSSR count). The zero-order chi connectivity index (χ0) is 26.0. The number of pyridine rings is 1. The molecule has 1 saturated carbocycles. The van der Waals surface area contributed by atoms with Crippen LogP contribution in [0.15, 0.2) is 48.5 Å². The molecule has 1 aromatic carbocycles. The number of halogens is 3. The smallest absolute Gasteiger partial charge is 0.347 e. The summed E-state index contributed by atoms with van der Waals surface area (Å²) in [6, 6.07) is 10.7. The number of nitrogens with zero attached hydrogens (tertiary/aromatic N) is 3. The van der Waals surface area contributed by atoms with E-state index in [0.717, 1.165) is 35.2 Å². The van der Waals surface area contributed by atoms with Gasteiger partial charge in [-0.3, -0.25) is 14.4 Å². The van der Waals surface area contributed by atoms with Gasteiger partial charge in [0.25, 0.3) is 11.8 Å². The number of aryl methyl sites for hydroxylation is 2. The second-order valence-electron chi connectivity index (χ2n) is 8.76. The van der Waals surface area contributed by atoms with Gasteiger partial charge in [-0.2, -0.15) is 18.3 Å². The van der Waals surface area contributed by atoms with Gasteiger partial charge in [0.05, 0.1) is 11.3 Å². The number of benzene rings is 1. The van der Waals surface area contributed by atoms with Gasteiger partial charge in [0.2, 0.25) is 5.78 Å². The normalized spacial score (nSPS) is 14.2. The summed E-state index contributed by atoms with van der Waals surface area (Å²) in [5, 5.41) is 9.35. The lowest BCUT2D eigenvalue weighted by Crippen LogP contribution is -2.49. The minimum atomic E-state index is -4.62. The van der Waals surface area contributed by atoms with Crippen molar-refractivity contribution in [3.8, 4) is 5.82 Å². The summed E-state index contributed by atoms with van der Waals surface area (Å²) in [6.07, 6.45) is -2.99. The highest BCUT2D eigenvalue weighted by molar-refractivity contribution is 6.38. The summed E-state index contributed by atoms with van der Waals surface area (Å²) in [6.45, 7) is 2.98. The number of rotatable bonds is 8. The van der Waals surface area contributed by atoms with Crippen LogP contribution in [0.1, 0.15) is 45.8 Å². The number of carbonyl (C=O) groups is 3. The summed E-state index contributed by atoms with van der Waals surface area (Å²) in [5.41, 5.74) is 0.114. The Bertz CT molecular complexity index is 1300. The maximum Gasteiger partial charge on any atom is 0.416 e. The molecule has 11 heteroatoms. The number of alkyl halides is 3. The second-order valence-corrected chi connectivity index (χ2v) is 8.76. The molecule has 2 amide bonds. The molecule has 2 N–H and O–H groups in total. The highest BCUT2D eigenvalue weighted by atomic mass is 19.4. The fourth-order valence-electron chi connectivity index (χ4n) is 3.69. The van der Waals surface area contributed by atoms with Crippen molar-refractivity contribution in [2.24, 2.45) is 0 Å². The minimum absolute atomic E-state index is 0.0474. The van der Waals surface area contributed by atoms with Crippen LogP contribution in [0.4, 0.5) is 13.2 Å². The van der Waals surface area contributed by atoms with Crippen LogP contribution in [0.25, 0.3) is 5.82 Å². The maximum atomic E-state index is 13.4. The molecular formula is C25H24F3N5O3. The second kappa shape index (κ2) is 9.92. The molecule has 2 aromatic heterocycles. The first kappa shape index (κ1) is 25.1. The predicted octanol–water partition coefficient (Wildman–Crippen LogP) is 3.09. The zero-order valence-electron chi connectivity index (χ0n) is 19.6. The molecule has 1 unspecified atom stereocenters. The van der Waals surface area contributed by atoms with Gasteiger partial charge >= 0.3 is 6.18 Å².